The molecule has 1 aromatic carbocycles. The van der Waals surface area contributed by atoms with Crippen LogP contribution in [0.5, 0.6) is 0 Å². The number of hydrogen-bond donors (Lipinski definition) is 1. The van der Waals surface area contributed by atoms with Crippen molar-refractivity contribution in [2.75, 3.05) is 11.0 Å². The minimum Gasteiger partial charge on any atom is -0.352 e. The van der Waals surface area contributed by atoms with Gasteiger partial charge in [0.2, 0.25) is 0 Å². The molecule has 1 aromatic rings. The lowest BCUT2D eigenvalue weighted by Gasteiger charge is -2.06. The maximum atomic E-state index is 13.3. The number of carbonyl (C=O) groups excluding carboxylic acids is 1. The van der Waals surface area contributed by atoms with Gasteiger partial charge in [0, 0.05) is 6.54 Å². The Labute approximate surface area is 123 Å². The molecule has 0 radical (unpaired) electrons. The minimum absolute atomic E-state index is 0.401. The average molecular weight is 385 g/mol. The maximum Gasteiger partial charge on any atom is 0.254 e. The molecule has 1 N–H and O–H groups in total. The van der Waals surface area contributed by atoms with Crippen molar-refractivity contribution < 1.29 is 18.0 Å². The number of alkyl halides is 1. The smallest absolute Gasteiger partial charge is 0.254 e. The molecule has 0 spiro atoms. The molecule has 0 atom stereocenters. The number of unbranched alkanes of at least 4 members (excludes halogenated alkanes) is 3. The van der Waals surface area contributed by atoms with E-state index in [1.807, 2.05) is 0 Å². The standard InChI is InChI=1S/C13H15F3INO/c14-10-6-5-9(11(15)12(10)16)13(19)18-8-4-2-1-3-7-17/h5-6H,1-4,7-8H2,(H,18,19). The number of halogens is 4. The van der Waals surface area contributed by atoms with Crippen LogP contribution in [0, 0.1) is 17.5 Å². The van der Waals surface area contributed by atoms with E-state index in [4.69, 9.17) is 0 Å². The van der Waals surface area contributed by atoms with Crippen molar-refractivity contribution in [1.29, 1.82) is 0 Å². The van der Waals surface area contributed by atoms with E-state index in [1.54, 1.807) is 0 Å². The zero-order chi connectivity index (χ0) is 14.3. The van der Waals surface area contributed by atoms with E-state index in [0.717, 1.165) is 42.2 Å². The minimum atomic E-state index is -1.62. The van der Waals surface area contributed by atoms with Crippen molar-refractivity contribution in [1.82, 2.24) is 5.32 Å². The van der Waals surface area contributed by atoms with Gasteiger partial charge in [-0.3, -0.25) is 4.79 Å². The molecule has 0 saturated heterocycles. The van der Waals surface area contributed by atoms with Crippen LogP contribution in [0.4, 0.5) is 13.2 Å². The van der Waals surface area contributed by atoms with Gasteiger partial charge >= 0.3 is 0 Å². The lowest BCUT2D eigenvalue weighted by Crippen LogP contribution is -2.25. The number of rotatable bonds is 7. The van der Waals surface area contributed by atoms with E-state index in [1.165, 1.54) is 0 Å². The average Bonchev–Trinajstić information content (AvgIpc) is 2.40. The fourth-order valence-electron chi connectivity index (χ4n) is 1.57. The highest BCUT2D eigenvalue weighted by Gasteiger charge is 2.18. The molecular weight excluding hydrogens is 370 g/mol. The second-order valence-electron chi connectivity index (χ2n) is 4.08. The fourth-order valence-corrected chi connectivity index (χ4v) is 2.11. The van der Waals surface area contributed by atoms with Crippen molar-refractivity contribution in [3.63, 3.8) is 0 Å². The Bertz CT molecular complexity index is 440. The molecule has 0 fully saturated rings. The Morgan fingerprint density at radius 2 is 1.74 bits per heavy atom. The Morgan fingerprint density at radius 3 is 2.42 bits per heavy atom. The highest BCUT2D eigenvalue weighted by molar-refractivity contribution is 14.1. The number of hydrogen-bond acceptors (Lipinski definition) is 1. The first-order valence-corrected chi connectivity index (χ1v) is 7.58. The molecule has 1 amide bonds. The van der Waals surface area contributed by atoms with Crippen molar-refractivity contribution in [3.05, 3.63) is 35.1 Å². The molecule has 2 nitrogen and oxygen atoms in total. The summed E-state index contributed by atoms with van der Waals surface area (Å²) in [6.07, 6.45) is 3.97. The Hall–Kier alpha value is -0.790. The first-order valence-electron chi connectivity index (χ1n) is 6.05. The third kappa shape index (κ3) is 5.00. The Balaban J connectivity index is 2.44. The molecule has 19 heavy (non-hydrogen) atoms. The largest absolute Gasteiger partial charge is 0.352 e. The van der Waals surface area contributed by atoms with E-state index in [2.05, 4.69) is 27.9 Å². The third-order valence-electron chi connectivity index (χ3n) is 2.63. The Kier molecular flexibility index (Phi) is 7.19. The summed E-state index contributed by atoms with van der Waals surface area (Å²) in [5.41, 5.74) is -0.467. The first-order chi connectivity index (χ1) is 9.07. The van der Waals surface area contributed by atoms with E-state index in [0.29, 0.717) is 6.54 Å². The summed E-state index contributed by atoms with van der Waals surface area (Å²) in [5, 5.41) is 2.49. The van der Waals surface area contributed by atoms with Gasteiger partial charge in [-0.1, -0.05) is 35.4 Å². The summed E-state index contributed by atoms with van der Waals surface area (Å²) in [6.45, 7) is 0.401. The molecule has 1 rings (SSSR count). The predicted molar refractivity (Wildman–Crippen MR) is 76.0 cm³/mol. The predicted octanol–water partition coefficient (Wildman–Crippen LogP) is 3.83. The van der Waals surface area contributed by atoms with Crippen LogP contribution >= 0.6 is 22.6 Å². The number of carbonyl (C=O) groups is 1. The van der Waals surface area contributed by atoms with Crippen molar-refractivity contribution in [2.45, 2.75) is 25.7 Å². The Morgan fingerprint density at radius 1 is 1.05 bits per heavy atom. The van der Waals surface area contributed by atoms with E-state index >= 15 is 0 Å². The van der Waals surface area contributed by atoms with Gasteiger partial charge in [0.15, 0.2) is 17.5 Å². The maximum absolute atomic E-state index is 13.3. The van der Waals surface area contributed by atoms with Crippen LogP contribution in [0.15, 0.2) is 12.1 Å². The highest BCUT2D eigenvalue weighted by Crippen LogP contribution is 2.15. The van der Waals surface area contributed by atoms with Crippen molar-refractivity contribution in [2.24, 2.45) is 0 Å². The van der Waals surface area contributed by atoms with Gasteiger partial charge in [0.25, 0.3) is 5.91 Å². The molecule has 0 aliphatic rings. The monoisotopic (exact) mass is 385 g/mol. The SMILES string of the molecule is O=C(NCCCCCCI)c1ccc(F)c(F)c1F. The molecule has 0 aliphatic heterocycles. The summed E-state index contributed by atoms with van der Waals surface area (Å²) < 4.78 is 40.1. The van der Waals surface area contributed by atoms with Crippen LogP contribution in [0.25, 0.3) is 0 Å². The van der Waals surface area contributed by atoms with Crippen LogP contribution in [-0.4, -0.2) is 16.9 Å². The summed E-state index contributed by atoms with van der Waals surface area (Å²) in [5.74, 6) is -5.07. The van der Waals surface area contributed by atoms with Gasteiger partial charge < -0.3 is 5.32 Å². The second kappa shape index (κ2) is 8.39. The molecule has 6 heteroatoms. The van der Waals surface area contributed by atoms with E-state index < -0.39 is 28.9 Å². The summed E-state index contributed by atoms with van der Waals surface area (Å²) >= 11 is 2.30. The van der Waals surface area contributed by atoms with E-state index in [9.17, 15) is 18.0 Å². The normalized spacial score (nSPS) is 10.5. The third-order valence-corrected chi connectivity index (χ3v) is 3.39. The summed E-state index contributed by atoms with van der Waals surface area (Å²) in [4.78, 5) is 11.6. The van der Waals surface area contributed by atoms with Crippen LogP contribution in [0.3, 0.4) is 0 Å². The summed E-state index contributed by atoms with van der Waals surface area (Å²) in [7, 11) is 0. The van der Waals surface area contributed by atoms with Gasteiger partial charge in [-0.15, -0.1) is 0 Å². The molecule has 0 aliphatic carbocycles. The van der Waals surface area contributed by atoms with Gasteiger partial charge in [-0.2, -0.15) is 0 Å². The number of amides is 1. The fraction of sp³-hybridized carbons (Fsp3) is 0.462. The van der Waals surface area contributed by atoms with Crippen LogP contribution in [0.2, 0.25) is 0 Å². The molecule has 0 saturated carbocycles. The van der Waals surface area contributed by atoms with Crippen LogP contribution < -0.4 is 5.32 Å². The molecule has 0 heterocycles. The van der Waals surface area contributed by atoms with Gasteiger partial charge in [-0.25, -0.2) is 13.2 Å². The number of benzene rings is 1. The van der Waals surface area contributed by atoms with Gasteiger partial charge in [0.1, 0.15) is 0 Å². The number of nitrogens with one attached hydrogen (secondary N) is 1. The van der Waals surface area contributed by atoms with Crippen LogP contribution in [0.1, 0.15) is 36.0 Å². The molecule has 106 valence electrons. The highest BCUT2D eigenvalue weighted by atomic mass is 127. The summed E-state index contributed by atoms with van der Waals surface area (Å²) in [6, 6.07) is 1.69. The van der Waals surface area contributed by atoms with Crippen molar-refractivity contribution in [3.8, 4) is 0 Å². The zero-order valence-corrected chi connectivity index (χ0v) is 12.5. The topological polar surface area (TPSA) is 29.1 Å². The molecule has 0 aromatic heterocycles. The molecular formula is C13H15F3INO. The quantitative estimate of drug-likeness (QED) is 0.329. The molecule has 0 unspecified atom stereocenters. The lowest BCUT2D eigenvalue weighted by molar-refractivity contribution is 0.0947. The van der Waals surface area contributed by atoms with Crippen molar-refractivity contribution >= 4 is 28.5 Å². The second-order valence-corrected chi connectivity index (χ2v) is 5.16. The molecule has 0 bridgehead atoms. The first kappa shape index (κ1) is 16.3. The van der Waals surface area contributed by atoms with E-state index in [-0.39, 0.29) is 0 Å². The lowest BCUT2D eigenvalue weighted by atomic mass is 10.1. The van der Waals surface area contributed by atoms with Gasteiger partial charge in [0.05, 0.1) is 5.56 Å². The van der Waals surface area contributed by atoms with Gasteiger partial charge in [-0.05, 0) is 29.4 Å². The van der Waals surface area contributed by atoms with Crippen LogP contribution in [-0.2, 0) is 0 Å². The zero-order valence-electron chi connectivity index (χ0n) is 10.3.